The second-order valence-electron chi connectivity index (χ2n) is 4.12. The van der Waals surface area contributed by atoms with E-state index in [4.69, 9.17) is 0 Å². The number of hydrogen-bond donors (Lipinski definition) is 2. The maximum atomic E-state index is 12.2. The lowest BCUT2D eigenvalue weighted by Crippen LogP contribution is -2.19. The Kier molecular flexibility index (Phi) is 4.78. The molecule has 0 atom stereocenters. The number of nitrogens with one attached hydrogen (secondary N) is 2. The molecule has 0 aliphatic rings. The minimum atomic E-state index is -0.418. The summed E-state index contributed by atoms with van der Waals surface area (Å²) in [4.78, 5) is 32.1. The largest absolute Gasteiger partial charge is 0.320 e. The summed E-state index contributed by atoms with van der Waals surface area (Å²) in [6, 6.07) is 3.28. The van der Waals surface area contributed by atoms with E-state index in [1.165, 1.54) is 17.5 Å². The molecular weight excluding hydrogens is 288 g/mol. The second kappa shape index (κ2) is 6.76. The molecule has 2 N–H and O–H groups in total. The summed E-state index contributed by atoms with van der Waals surface area (Å²) < 4.78 is 0. The highest BCUT2D eigenvalue weighted by molar-refractivity contribution is 7.13. The highest BCUT2D eigenvalue weighted by Crippen LogP contribution is 2.17. The molecule has 7 heteroatoms. The number of thiazole rings is 1. The predicted octanol–water partition coefficient (Wildman–Crippen LogP) is 2.70. The Hall–Kier alpha value is -2.54. The highest BCUT2D eigenvalue weighted by atomic mass is 32.1. The number of anilines is 2. The smallest absolute Gasteiger partial charge is 0.278 e. The molecular formula is C14H14N4O2S. The summed E-state index contributed by atoms with van der Waals surface area (Å²) in [6.45, 7) is 3.47. The van der Waals surface area contributed by atoms with Gasteiger partial charge in [0, 0.05) is 23.3 Å². The Morgan fingerprint density at radius 2 is 2.05 bits per heavy atom. The monoisotopic (exact) mass is 302 g/mol. The number of allylic oxidation sites excluding steroid dienone is 1. The van der Waals surface area contributed by atoms with Gasteiger partial charge in [-0.05, 0) is 26.0 Å². The number of aromatic nitrogens is 2. The highest BCUT2D eigenvalue weighted by Gasteiger charge is 2.16. The van der Waals surface area contributed by atoms with E-state index in [0.717, 1.165) is 0 Å². The SMILES string of the molecule is C/C=C(\C)C(=O)Nc1cccnc1C(=O)Nc1nccs1. The lowest BCUT2D eigenvalue weighted by atomic mass is 10.2. The molecule has 21 heavy (non-hydrogen) atoms. The number of rotatable bonds is 4. The Balaban J connectivity index is 2.20. The van der Waals surface area contributed by atoms with Crippen LogP contribution >= 0.6 is 11.3 Å². The van der Waals surface area contributed by atoms with Gasteiger partial charge in [0.2, 0.25) is 0 Å². The van der Waals surface area contributed by atoms with Crippen LogP contribution in [0.25, 0.3) is 0 Å². The van der Waals surface area contributed by atoms with Crippen molar-refractivity contribution in [3.63, 3.8) is 0 Å². The molecule has 0 fully saturated rings. The first-order valence-electron chi connectivity index (χ1n) is 6.22. The zero-order valence-corrected chi connectivity index (χ0v) is 12.4. The first kappa shape index (κ1) is 14.9. The average molecular weight is 302 g/mol. The van der Waals surface area contributed by atoms with Crippen molar-refractivity contribution < 1.29 is 9.59 Å². The summed E-state index contributed by atoms with van der Waals surface area (Å²) in [5.74, 6) is -0.687. The van der Waals surface area contributed by atoms with Gasteiger partial charge in [0.05, 0.1) is 5.69 Å². The molecule has 0 radical (unpaired) electrons. The third-order valence-corrected chi connectivity index (χ3v) is 3.40. The quantitative estimate of drug-likeness (QED) is 0.850. The van der Waals surface area contributed by atoms with Crippen LogP contribution in [0.4, 0.5) is 10.8 Å². The van der Waals surface area contributed by atoms with Crippen LogP contribution in [0.2, 0.25) is 0 Å². The Bertz CT molecular complexity index is 680. The van der Waals surface area contributed by atoms with Crippen molar-refractivity contribution in [1.29, 1.82) is 0 Å². The topological polar surface area (TPSA) is 84.0 Å². The fraction of sp³-hybridized carbons (Fsp3) is 0.143. The van der Waals surface area contributed by atoms with Gasteiger partial charge >= 0.3 is 0 Å². The lowest BCUT2D eigenvalue weighted by Gasteiger charge is -2.09. The number of carbonyl (C=O) groups excluding carboxylic acids is 2. The summed E-state index contributed by atoms with van der Waals surface area (Å²) in [5.41, 5.74) is 1.06. The third-order valence-electron chi connectivity index (χ3n) is 2.71. The molecule has 2 aromatic rings. The summed E-state index contributed by atoms with van der Waals surface area (Å²) in [5, 5.41) is 7.54. The standard InChI is InChI=1S/C14H14N4O2S/c1-3-9(2)12(19)17-10-5-4-6-15-11(10)13(20)18-14-16-7-8-21-14/h3-8H,1-2H3,(H,17,19)(H,16,18,20)/b9-3+. The first-order valence-corrected chi connectivity index (χ1v) is 7.10. The molecule has 2 amide bonds. The van der Waals surface area contributed by atoms with Gasteiger partial charge in [-0.2, -0.15) is 0 Å². The van der Waals surface area contributed by atoms with E-state index in [1.54, 1.807) is 43.6 Å². The molecule has 0 saturated carbocycles. The van der Waals surface area contributed by atoms with Gasteiger partial charge in [0.1, 0.15) is 0 Å². The van der Waals surface area contributed by atoms with Crippen LogP contribution in [-0.4, -0.2) is 21.8 Å². The van der Waals surface area contributed by atoms with E-state index >= 15 is 0 Å². The fourth-order valence-electron chi connectivity index (χ4n) is 1.48. The molecule has 0 bridgehead atoms. The molecule has 0 aliphatic carbocycles. The molecule has 2 aromatic heterocycles. The minimum absolute atomic E-state index is 0.143. The Morgan fingerprint density at radius 3 is 2.71 bits per heavy atom. The number of carbonyl (C=O) groups is 2. The van der Waals surface area contributed by atoms with Gasteiger partial charge in [-0.15, -0.1) is 11.3 Å². The van der Waals surface area contributed by atoms with Crippen LogP contribution in [0.1, 0.15) is 24.3 Å². The van der Waals surface area contributed by atoms with Crippen molar-refractivity contribution in [1.82, 2.24) is 9.97 Å². The minimum Gasteiger partial charge on any atom is -0.320 e. The van der Waals surface area contributed by atoms with Gasteiger partial charge in [-0.1, -0.05) is 6.08 Å². The third kappa shape index (κ3) is 3.73. The van der Waals surface area contributed by atoms with Crippen LogP contribution in [0.5, 0.6) is 0 Å². The van der Waals surface area contributed by atoms with Crippen molar-refractivity contribution in [2.75, 3.05) is 10.6 Å². The van der Waals surface area contributed by atoms with E-state index in [-0.39, 0.29) is 11.6 Å². The Morgan fingerprint density at radius 1 is 1.24 bits per heavy atom. The molecule has 2 heterocycles. The number of pyridine rings is 1. The molecule has 0 aromatic carbocycles. The maximum absolute atomic E-state index is 12.2. The van der Waals surface area contributed by atoms with Crippen molar-refractivity contribution in [3.05, 3.63) is 47.2 Å². The first-order chi connectivity index (χ1) is 10.1. The van der Waals surface area contributed by atoms with Crippen LogP contribution < -0.4 is 10.6 Å². The molecule has 0 spiro atoms. The predicted molar refractivity (Wildman–Crippen MR) is 82.4 cm³/mol. The van der Waals surface area contributed by atoms with Crippen molar-refractivity contribution >= 4 is 34.0 Å². The maximum Gasteiger partial charge on any atom is 0.278 e. The molecule has 0 unspecified atom stereocenters. The normalized spacial score (nSPS) is 11.0. The Labute approximate surface area is 125 Å². The fourth-order valence-corrected chi connectivity index (χ4v) is 2.00. The zero-order chi connectivity index (χ0) is 15.2. The number of hydrogen-bond acceptors (Lipinski definition) is 5. The summed E-state index contributed by atoms with van der Waals surface area (Å²) in [7, 11) is 0. The van der Waals surface area contributed by atoms with E-state index < -0.39 is 5.91 Å². The molecule has 0 aliphatic heterocycles. The molecule has 2 rings (SSSR count). The van der Waals surface area contributed by atoms with Gasteiger partial charge in [0.25, 0.3) is 11.8 Å². The number of amides is 2. The average Bonchev–Trinajstić information content (AvgIpc) is 2.99. The molecule has 108 valence electrons. The van der Waals surface area contributed by atoms with Crippen molar-refractivity contribution in [2.45, 2.75) is 13.8 Å². The molecule has 6 nitrogen and oxygen atoms in total. The van der Waals surface area contributed by atoms with Gasteiger partial charge in [-0.25, -0.2) is 9.97 Å². The van der Waals surface area contributed by atoms with Gasteiger partial charge in [-0.3, -0.25) is 14.9 Å². The summed E-state index contributed by atoms with van der Waals surface area (Å²) >= 11 is 1.31. The van der Waals surface area contributed by atoms with Crippen LogP contribution in [0.3, 0.4) is 0 Å². The van der Waals surface area contributed by atoms with Crippen LogP contribution in [-0.2, 0) is 4.79 Å². The zero-order valence-electron chi connectivity index (χ0n) is 11.6. The molecule has 0 saturated heterocycles. The van der Waals surface area contributed by atoms with E-state index in [9.17, 15) is 9.59 Å². The summed E-state index contributed by atoms with van der Waals surface area (Å²) in [6.07, 6.45) is 4.78. The van der Waals surface area contributed by atoms with Gasteiger partial charge < -0.3 is 5.32 Å². The van der Waals surface area contributed by atoms with Crippen LogP contribution in [0.15, 0.2) is 41.6 Å². The van der Waals surface area contributed by atoms with E-state index in [2.05, 4.69) is 20.6 Å². The lowest BCUT2D eigenvalue weighted by molar-refractivity contribution is -0.112. The van der Waals surface area contributed by atoms with E-state index in [1.807, 2.05) is 0 Å². The second-order valence-corrected chi connectivity index (χ2v) is 5.01. The number of nitrogens with zero attached hydrogens (tertiary/aromatic N) is 2. The van der Waals surface area contributed by atoms with Gasteiger partial charge in [0.15, 0.2) is 10.8 Å². The van der Waals surface area contributed by atoms with Crippen molar-refractivity contribution in [3.8, 4) is 0 Å². The van der Waals surface area contributed by atoms with E-state index in [0.29, 0.717) is 16.4 Å². The van der Waals surface area contributed by atoms with Crippen LogP contribution in [0, 0.1) is 0 Å². The van der Waals surface area contributed by atoms with Crippen molar-refractivity contribution in [2.24, 2.45) is 0 Å².